The topological polar surface area (TPSA) is 85.3 Å². The molecule has 6 rings (SSSR count). The fourth-order valence-electron chi connectivity index (χ4n) is 4.97. The number of ether oxygens (including phenoxy) is 2. The Labute approximate surface area is 197 Å². The SMILES string of the molecule is O=c1[nH]c2cnc3ccc(-c4ccc(OCCCN5CCCCC5)nc4)cc3c2n1C1CCO1. The van der Waals surface area contributed by atoms with Crippen LogP contribution >= 0.6 is 0 Å². The van der Waals surface area contributed by atoms with Crippen molar-refractivity contribution in [2.45, 2.75) is 38.3 Å². The molecule has 176 valence electrons. The Bertz CT molecular complexity index is 1350. The molecule has 8 heteroatoms. The molecule has 0 aliphatic carbocycles. The summed E-state index contributed by atoms with van der Waals surface area (Å²) in [6.45, 7) is 4.88. The van der Waals surface area contributed by atoms with Crippen molar-refractivity contribution in [3.8, 4) is 17.0 Å². The van der Waals surface area contributed by atoms with E-state index in [1.54, 1.807) is 10.8 Å². The predicted octanol–water partition coefficient (Wildman–Crippen LogP) is 4.11. The first-order valence-electron chi connectivity index (χ1n) is 12.2. The summed E-state index contributed by atoms with van der Waals surface area (Å²) in [6.07, 6.45) is 9.18. The molecule has 3 aromatic heterocycles. The van der Waals surface area contributed by atoms with Crippen LogP contribution in [0.5, 0.6) is 5.88 Å². The van der Waals surface area contributed by atoms with E-state index in [2.05, 4.69) is 25.9 Å². The van der Waals surface area contributed by atoms with E-state index in [4.69, 9.17) is 9.47 Å². The number of hydrogen-bond acceptors (Lipinski definition) is 6. The normalized spacial score (nSPS) is 18.9. The molecule has 4 aromatic rings. The number of nitrogens with one attached hydrogen (secondary N) is 1. The smallest absolute Gasteiger partial charge is 0.328 e. The highest BCUT2D eigenvalue weighted by Crippen LogP contribution is 2.32. The van der Waals surface area contributed by atoms with Crippen molar-refractivity contribution in [1.82, 2.24) is 24.4 Å². The van der Waals surface area contributed by atoms with E-state index in [9.17, 15) is 4.79 Å². The number of benzene rings is 1. The minimum Gasteiger partial charge on any atom is -0.478 e. The van der Waals surface area contributed by atoms with Gasteiger partial charge in [0.2, 0.25) is 5.88 Å². The maximum absolute atomic E-state index is 12.6. The van der Waals surface area contributed by atoms with Gasteiger partial charge in [-0.25, -0.2) is 9.78 Å². The van der Waals surface area contributed by atoms with Gasteiger partial charge < -0.3 is 19.4 Å². The fraction of sp³-hybridized carbons (Fsp3) is 0.423. The Morgan fingerprint density at radius 2 is 1.91 bits per heavy atom. The van der Waals surface area contributed by atoms with Crippen LogP contribution in [0.15, 0.2) is 47.5 Å². The second-order valence-corrected chi connectivity index (χ2v) is 9.16. The van der Waals surface area contributed by atoms with Crippen LogP contribution in [0.2, 0.25) is 0 Å². The van der Waals surface area contributed by atoms with Crippen LogP contribution < -0.4 is 10.4 Å². The molecule has 0 amide bonds. The van der Waals surface area contributed by atoms with Crippen LogP contribution in [0.3, 0.4) is 0 Å². The summed E-state index contributed by atoms with van der Waals surface area (Å²) in [7, 11) is 0. The van der Waals surface area contributed by atoms with Crippen molar-refractivity contribution in [3.05, 3.63) is 53.2 Å². The zero-order valence-electron chi connectivity index (χ0n) is 19.2. The van der Waals surface area contributed by atoms with Gasteiger partial charge in [-0.2, -0.15) is 0 Å². The minimum absolute atomic E-state index is 0.164. The van der Waals surface area contributed by atoms with Crippen LogP contribution in [0.25, 0.3) is 33.1 Å². The van der Waals surface area contributed by atoms with Crippen LogP contribution in [-0.2, 0) is 4.74 Å². The number of aromatic amines is 1. The fourth-order valence-corrected chi connectivity index (χ4v) is 4.97. The van der Waals surface area contributed by atoms with E-state index in [1.807, 2.05) is 30.5 Å². The number of piperidine rings is 1. The van der Waals surface area contributed by atoms with Crippen molar-refractivity contribution in [3.63, 3.8) is 0 Å². The molecule has 34 heavy (non-hydrogen) atoms. The molecule has 0 saturated carbocycles. The molecule has 1 aromatic carbocycles. The van der Waals surface area contributed by atoms with Crippen LogP contribution in [0.1, 0.15) is 38.3 Å². The van der Waals surface area contributed by atoms with Gasteiger partial charge in [-0.3, -0.25) is 9.55 Å². The lowest BCUT2D eigenvalue weighted by molar-refractivity contribution is -0.0986. The summed E-state index contributed by atoms with van der Waals surface area (Å²) in [5, 5.41) is 0.918. The molecule has 2 aliphatic rings. The number of hydrogen-bond donors (Lipinski definition) is 1. The highest BCUT2D eigenvalue weighted by Gasteiger charge is 2.25. The van der Waals surface area contributed by atoms with E-state index >= 15 is 0 Å². The minimum atomic E-state index is -0.219. The molecule has 2 fully saturated rings. The highest BCUT2D eigenvalue weighted by atomic mass is 16.5. The molecular weight excluding hydrogens is 430 g/mol. The summed E-state index contributed by atoms with van der Waals surface area (Å²) >= 11 is 0. The van der Waals surface area contributed by atoms with Gasteiger partial charge in [0.25, 0.3) is 0 Å². The molecule has 0 radical (unpaired) electrons. The largest absolute Gasteiger partial charge is 0.478 e. The van der Waals surface area contributed by atoms with Gasteiger partial charge in [-0.15, -0.1) is 0 Å². The third kappa shape index (κ3) is 4.08. The first kappa shape index (κ1) is 21.3. The summed E-state index contributed by atoms with van der Waals surface area (Å²) in [5.74, 6) is 0.647. The van der Waals surface area contributed by atoms with Crippen LogP contribution in [0.4, 0.5) is 0 Å². The molecule has 2 saturated heterocycles. The standard InChI is InChI=1S/C26H29N5O3/c32-26-29-22-17-27-21-7-5-18(15-20(21)25(22)31(26)24-9-14-34-24)19-6-8-23(28-16-19)33-13-4-12-30-10-2-1-3-11-30/h5-8,15-17,24H,1-4,9-14H2,(H,29,32). The van der Waals surface area contributed by atoms with Gasteiger partial charge >= 0.3 is 5.69 Å². The molecule has 2 aliphatic heterocycles. The lowest BCUT2D eigenvalue weighted by atomic mass is 10.0. The second kappa shape index (κ2) is 9.19. The molecule has 0 spiro atoms. The Hall–Kier alpha value is -3.23. The van der Waals surface area contributed by atoms with Crippen molar-refractivity contribution in [2.75, 3.05) is 32.8 Å². The molecular formula is C26H29N5O3. The van der Waals surface area contributed by atoms with E-state index in [0.717, 1.165) is 52.4 Å². The number of pyridine rings is 2. The monoisotopic (exact) mass is 459 g/mol. The van der Waals surface area contributed by atoms with Gasteiger partial charge in [0.1, 0.15) is 6.23 Å². The highest BCUT2D eigenvalue weighted by molar-refractivity contribution is 6.03. The van der Waals surface area contributed by atoms with Gasteiger partial charge in [0.05, 0.1) is 36.0 Å². The molecule has 0 bridgehead atoms. The second-order valence-electron chi connectivity index (χ2n) is 9.16. The lowest BCUT2D eigenvalue weighted by Crippen LogP contribution is -2.31. The zero-order valence-corrected chi connectivity index (χ0v) is 19.2. The van der Waals surface area contributed by atoms with Gasteiger partial charge in [-0.05, 0) is 56.1 Å². The zero-order chi connectivity index (χ0) is 22.9. The number of aromatic nitrogens is 4. The number of imidazole rings is 1. The maximum Gasteiger partial charge on any atom is 0.328 e. The van der Waals surface area contributed by atoms with E-state index < -0.39 is 0 Å². The number of likely N-dealkylation sites (tertiary alicyclic amines) is 1. The molecule has 1 N–H and O–H groups in total. The van der Waals surface area contributed by atoms with E-state index in [1.165, 1.54) is 32.4 Å². The third-order valence-electron chi connectivity index (χ3n) is 6.89. The van der Waals surface area contributed by atoms with Crippen molar-refractivity contribution < 1.29 is 9.47 Å². The summed E-state index contributed by atoms with van der Waals surface area (Å²) in [5.41, 5.74) is 4.23. The Morgan fingerprint density at radius 3 is 2.68 bits per heavy atom. The van der Waals surface area contributed by atoms with Crippen molar-refractivity contribution >= 4 is 21.9 Å². The Kier molecular flexibility index (Phi) is 5.76. The molecule has 8 nitrogen and oxygen atoms in total. The number of nitrogens with zero attached hydrogens (tertiary/aromatic N) is 4. The van der Waals surface area contributed by atoms with E-state index in [0.29, 0.717) is 19.1 Å². The third-order valence-corrected chi connectivity index (χ3v) is 6.89. The van der Waals surface area contributed by atoms with Gasteiger partial charge in [0.15, 0.2) is 0 Å². The van der Waals surface area contributed by atoms with Crippen molar-refractivity contribution in [2.24, 2.45) is 0 Å². The van der Waals surface area contributed by atoms with E-state index in [-0.39, 0.29) is 11.9 Å². The Morgan fingerprint density at radius 1 is 1.06 bits per heavy atom. The molecule has 5 heterocycles. The predicted molar refractivity (Wildman–Crippen MR) is 131 cm³/mol. The average Bonchev–Trinajstić information content (AvgIpc) is 3.17. The summed E-state index contributed by atoms with van der Waals surface area (Å²) < 4.78 is 13.2. The molecule has 1 atom stereocenters. The van der Waals surface area contributed by atoms with Crippen LogP contribution in [0, 0.1) is 0 Å². The van der Waals surface area contributed by atoms with Crippen LogP contribution in [-0.4, -0.2) is 57.3 Å². The maximum atomic E-state index is 12.6. The average molecular weight is 460 g/mol. The number of rotatable bonds is 7. The quantitative estimate of drug-likeness (QED) is 0.419. The summed E-state index contributed by atoms with van der Waals surface area (Å²) in [6, 6.07) is 10.0. The number of fused-ring (bicyclic) bond motifs is 3. The van der Waals surface area contributed by atoms with Gasteiger partial charge in [-0.1, -0.05) is 12.5 Å². The van der Waals surface area contributed by atoms with Gasteiger partial charge in [0, 0.05) is 36.2 Å². The first-order valence-corrected chi connectivity index (χ1v) is 12.2. The summed E-state index contributed by atoms with van der Waals surface area (Å²) in [4.78, 5) is 27.1. The number of H-pyrrole nitrogens is 1. The first-order chi connectivity index (χ1) is 16.8. The lowest BCUT2D eigenvalue weighted by Gasteiger charge is -2.27. The molecule has 1 unspecified atom stereocenters. The van der Waals surface area contributed by atoms with Crippen molar-refractivity contribution in [1.29, 1.82) is 0 Å². The Balaban J connectivity index is 1.20.